The fourth-order valence-corrected chi connectivity index (χ4v) is 2.51. The van der Waals surface area contributed by atoms with Gasteiger partial charge in [-0.25, -0.2) is 0 Å². The van der Waals surface area contributed by atoms with Gasteiger partial charge in [-0.2, -0.15) is 0 Å². The van der Waals surface area contributed by atoms with E-state index < -0.39 is 0 Å². The molecule has 0 aromatic heterocycles. The normalized spacial score (nSPS) is 16.5. The van der Waals surface area contributed by atoms with Crippen LogP contribution in [-0.2, 0) is 0 Å². The molecule has 0 amide bonds. The largest absolute Gasteiger partial charge is 0.320 e. The number of hydrogen-bond acceptors (Lipinski definition) is 1. The summed E-state index contributed by atoms with van der Waals surface area (Å²) in [5.74, 6) is 0. The number of nitrogens with two attached hydrogens (primary N) is 1. The first-order valence-corrected chi connectivity index (χ1v) is 5.83. The van der Waals surface area contributed by atoms with Crippen LogP contribution in [0.5, 0.6) is 0 Å². The van der Waals surface area contributed by atoms with E-state index in [2.05, 4.69) is 43.0 Å². The second-order valence-corrected chi connectivity index (χ2v) is 4.65. The third-order valence-electron chi connectivity index (χ3n) is 3.47. The molecule has 0 bridgehead atoms. The van der Waals surface area contributed by atoms with Gasteiger partial charge in [-0.15, -0.1) is 0 Å². The van der Waals surface area contributed by atoms with Crippen LogP contribution >= 0.6 is 0 Å². The Kier molecular flexibility index (Phi) is 2.17. The zero-order valence-electron chi connectivity index (χ0n) is 9.90. The van der Waals surface area contributed by atoms with E-state index in [9.17, 15) is 0 Å². The zero-order valence-corrected chi connectivity index (χ0v) is 9.90. The summed E-state index contributed by atoms with van der Waals surface area (Å²) in [5.41, 5.74) is 13.5. The highest BCUT2D eigenvalue weighted by molar-refractivity contribution is 5.80. The van der Waals surface area contributed by atoms with E-state index in [4.69, 9.17) is 5.73 Å². The SMILES string of the molecule is C=C(C)c1ccc2c(c1)C(N)c1ccccc1-2. The molecule has 1 nitrogen and oxygen atoms in total. The molecule has 1 atom stereocenters. The molecule has 0 aliphatic heterocycles. The monoisotopic (exact) mass is 221 g/mol. The first kappa shape index (κ1) is 10.3. The second kappa shape index (κ2) is 3.57. The Morgan fingerprint density at radius 1 is 1.06 bits per heavy atom. The molecular weight excluding hydrogens is 206 g/mol. The maximum atomic E-state index is 6.30. The van der Waals surface area contributed by atoms with Crippen molar-refractivity contribution < 1.29 is 0 Å². The van der Waals surface area contributed by atoms with E-state index in [1.54, 1.807) is 0 Å². The van der Waals surface area contributed by atoms with Crippen LogP contribution in [0.3, 0.4) is 0 Å². The van der Waals surface area contributed by atoms with Crippen molar-refractivity contribution >= 4 is 5.57 Å². The Balaban J connectivity index is 2.24. The van der Waals surface area contributed by atoms with Gasteiger partial charge in [0.05, 0.1) is 6.04 Å². The second-order valence-electron chi connectivity index (χ2n) is 4.65. The average molecular weight is 221 g/mol. The van der Waals surface area contributed by atoms with Crippen LogP contribution < -0.4 is 5.73 Å². The summed E-state index contributed by atoms with van der Waals surface area (Å²) in [6, 6.07) is 14.8. The molecule has 0 fully saturated rings. The van der Waals surface area contributed by atoms with Crippen LogP contribution in [0, 0.1) is 0 Å². The molecule has 84 valence electrons. The van der Waals surface area contributed by atoms with Crippen molar-refractivity contribution in [3.8, 4) is 11.1 Å². The maximum Gasteiger partial charge on any atom is 0.0564 e. The summed E-state index contributed by atoms with van der Waals surface area (Å²) >= 11 is 0. The van der Waals surface area contributed by atoms with Gasteiger partial charge in [0.15, 0.2) is 0 Å². The van der Waals surface area contributed by atoms with Gasteiger partial charge >= 0.3 is 0 Å². The lowest BCUT2D eigenvalue weighted by molar-refractivity contribution is 0.900. The average Bonchev–Trinajstić information content (AvgIpc) is 2.64. The van der Waals surface area contributed by atoms with E-state index in [0.29, 0.717) is 0 Å². The Hall–Kier alpha value is -1.86. The number of hydrogen-bond donors (Lipinski definition) is 1. The molecule has 0 saturated carbocycles. The summed E-state index contributed by atoms with van der Waals surface area (Å²) in [5, 5.41) is 0. The lowest BCUT2D eigenvalue weighted by Crippen LogP contribution is -2.08. The summed E-state index contributed by atoms with van der Waals surface area (Å²) in [6.07, 6.45) is 0. The molecule has 0 saturated heterocycles. The summed E-state index contributed by atoms with van der Waals surface area (Å²) in [6.45, 7) is 6.01. The predicted octanol–water partition coefficient (Wildman–Crippen LogP) is 3.75. The van der Waals surface area contributed by atoms with Crippen molar-refractivity contribution in [3.63, 3.8) is 0 Å². The van der Waals surface area contributed by atoms with Crippen LogP contribution in [0.4, 0.5) is 0 Å². The number of benzene rings is 2. The lowest BCUT2D eigenvalue weighted by Gasteiger charge is -2.08. The highest BCUT2D eigenvalue weighted by Gasteiger charge is 2.25. The molecule has 0 radical (unpaired) electrons. The quantitative estimate of drug-likeness (QED) is 0.779. The van der Waals surface area contributed by atoms with E-state index in [1.807, 2.05) is 13.0 Å². The van der Waals surface area contributed by atoms with Crippen molar-refractivity contribution in [1.82, 2.24) is 0 Å². The Labute approximate surface area is 102 Å². The van der Waals surface area contributed by atoms with E-state index in [0.717, 1.165) is 5.57 Å². The van der Waals surface area contributed by atoms with E-state index in [-0.39, 0.29) is 6.04 Å². The maximum absolute atomic E-state index is 6.30. The van der Waals surface area contributed by atoms with Crippen molar-refractivity contribution in [3.05, 3.63) is 65.7 Å². The van der Waals surface area contributed by atoms with Gasteiger partial charge in [0.1, 0.15) is 0 Å². The third kappa shape index (κ3) is 1.43. The zero-order chi connectivity index (χ0) is 12.0. The molecule has 2 N–H and O–H groups in total. The summed E-state index contributed by atoms with van der Waals surface area (Å²) in [4.78, 5) is 0. The molecule has 3 rings (SSSR count). The van der Waals surface area contributed by atoms with Gasteiger partial charge in [0, 0.05) is 0 Å². The van der Waals surface area contributed by atoms with Gasteiger partial charge in [-0.05, 0) is 40.8 Å². The molecule has 2 aromatic rings. The fourth-order valence-electron chi connectivity index (χ4n) is 2.51. The minimum absolute atomic E-state index is 0.000463. The first-order chi connectivity index (χ1) is 8.18. The number of allylic oxidation sites excluding steroid dienone is 1. The van der Waals surface area contributed by atoms with Crippen molar-refractivity contribution in [2.24, 2.45) is 5.73 Å². The van der Waals surface area contributed by atoms with Crippen molar-refractivity contribution in [2.75, 3.05) is 0 Å². The first-order valence-electron chi connectivity index (χ1n) is 5.83. The van der Waals surface area contributed by atoms with Gasteiger partial charge < -0.3 is 5.73 Å². The van der Waals surface area contributed by atoms with Crippen LogP contribution in [0.1, 0.15) is 29.7 Å². The molecule has 1 unspecified atom stereocenters. The molecular formula is C16H15N. The molecule has 1 heteroatoms. The molecule has 1 aliphatic rings. The topological polar surface area (TPSA) is 26.0 Å². The third-order valence-corrected chi connectivity index (χ3v) is 3.47. The number of rotatable bonds is 1. The lowest BCUT2D eigenvalue weighted by atomic mass is 10.00. The molecule has 17 heavy (non-hydrogen) atoms. The molecule has 1 aliphatic carbocycles. The molecule has 0 heterocycles. The Morgan fingerprint density at radius 3 is 2.53 bits per heavy atom. The van der Waals surface area contributed by atoms with Gasteiger partial charge in [0.2, 0.25) is 0 Å². The van der Waals surface area contributed by atoms with Crippen LogP contribution in [-0.4, -0.2) is 0 Å². The highest BCUT2D eigenvalue weighted by atomic mass is 14.7. The summed E-state index contributed by atoms with van der Waals surface area (Å²) in [7, 11) is 0. The van der Waals surface area contributed by atoms with Gasteiger partial charge in [-0.3, -0.25) is 0 Å². The minimum Gasteiger partial charge on any atom is -0.320 e. The van der Waals surface area contributed by atoms with Crippen LogP contribution in [0.25, 0.3) is 16.7 Å². The van der Waals surface area contributed by atoms with Crippen molar-refractivity contribution in [2.45, 2.75) is 13.0 Å². The van der Waals surface area contributed by atoms with E-state index >= 15 is 0 Å². The Morgan fingerprint density at radius 2 is 1.76 bits per heavy atom. The predicted molar refractivity (Wildman–Crippen MR) is 72.6 cm³/mol. The van der Waals surface area contributed by atoms with Crippen LogP contribution in [0.15, 0.2) is 49.0 Å². The standard InChI is InChI=1S/C16H15N/c1-10(2)11-7-8-13-12-5-3-4-6-14(12)16(17)15(13)9-11/h3-9,16H,1,17H2,2H3. The fraction of sp³-hybridized carbons (Fsp3) is 0.125. The van der Waals surface area contributed by atoms with Gasteiger partial charge in [0.25, 0.3) is 0 Å². The number of fused-ring (bicyclic) bond motifs is 3. The summed E-state index contributed by atoms with van der Waals surface area (Å²) < 4.78 is 0. The molecule has 0 spiro atoms. The van der Waals surface area contributed by atoms with Gasteiger partial charge in [-0.1, -0.05) is 48.6 Å². The Bertz CT molecular complexity index is 611. The smallest absolute Gasteiger partial charge is 0.0564 e. The molecule has 2 aromatic carbocycles. The van der Waals surface area contributed by atoms with E-state index in [1.165, 1.54) is 27.8 Å². The van der Waals surface area contributed by atoms with Crippen molar-refractivity contribution in [1.29, 1.82) is 0 Å². The highest BCUT2D eigenvalue weighted by Crippen LogP contribution is 2.42. The van der Waals surface area contributed by atoms with Crippen LogP contribution in [0.2, 0.25) is 0 Å². The minimum atomic E-state index is 0.000463.